The Hall–Kier alpha value is -3.65. The Labute approximate surface area is 231 Å². The van der Waals surface area contributed by atoms with Crippen LogP contribution < -0.4 is 20.7 Å². The number of nitrogens with one attached hydrogen (secondary N) is 2. The molecule has 3 aromatic rings. The molecule has 4 heterocycles. The van der Waals surface area contributed by atoms with Crippen LogP contribution in [-0.2, 0) is 19.4 Å². The molecule has 0 unspecified atom stereocenters. The summed E-state index contributed by atoms with van der Waals surface area (Å²) in [5.41, 5.74) is 7.21. The monoisotopic (exact) mass is 528 g/mol. The van der Waals surface area contributed by atoms with Crippen LogP contribution in [0.1, 0.15) is 53.0 Å². The van der Waals surface area contributed by atoms with Gasteiger partial charge in [0.05, 0.1) is 0 Å². The Morgan fingerprint density at radius 1 is 1.05 bits per heavy atom. The number of pyridine rings is 2. The summed E-state index contributed by atoms with van der Waals surface area (Å²) in [7, 11) is 2.15. The second-order valence-corrected chi connectivity index (χ2v) is 10.8. The summed E-state index contributed by atoms with van der Waals surface area (Å²) in [6, 6.07) is 10.4. The molecule has 8 nitrogen and oxygen atoms in total. The van der Waals surface area contributed by atoms with E-state index >= 15 is 0 Å². The van der Waals surface area contributed by atoms with Gasteiger partial charge in [-0.3, -0.25) is 9.59 Å². The average molecular weight is 529 g/mol. The van der Waals surface area contributed by atoms with E-state index in [9.17, 15) is 9.59 Å². The first-order valence-electron chi connectivity index (χ1n) is 14.2. The van der Waals surface area contributed by atoms with Crippen molar-refractivity contribution in [2.45, 2.75) is 46.6 Å². The maximum absolute atomic E-state index is 13.6. The number of H-pyrrole nitrogens is 1. The number of aryl methyl sites for hydroxylation is 2. The number of benzene rings is 1. The highest BCUT2D eigenvalue weighted by molar-refractivity contribution is 5.99. The minimum Gasteiger partial charge on any atom is -0.371 e. The molecule has 0 spiro atoms. The van der Waals surface area contributed by atoms with Gasteiger partial charge in [-0.25, -0.2) is 4.98 Å². The van der Waals surface area contributed by atoms with Crippen molar-refractivity contribution in [1.29, 1.82) is 0 Å². The number of carbonyl (C=O) groups is 1. The first-order chi connectivity index (χ1) is 18.9. The molecule has 1 fully saturated rings. The number of fused-ring (bicyclic) bond motifs is 1. The van der Waals surface area contributed by atoms with Crippen LogP contribution in [0.3, 0.4) is 0 Å². The van der Waals surface area contributed by atoms with Crippen molar-refractivity contribution >= 4 is 17.4 Å². The predicted octanol–water partition coefficient (Wildman–Crippen LogP) is 3.76. The fourth-order valence-corrected chi connectivity index (χ4v) is 5.78. The van der Waals surface area contributed by atoms with Crippen LogP contribution in [0.2, 0.25) is 0 Å². The first-order valence-corrected chi connectivity index (χ1v) is 14.2. The highest BCUT2D eigenvalue weighted by atomic mass is 16.1. The first kappa shape index (κ1) is 26.9. The third-order valence-electron chi connectivity index (χ3n) is 8.04. The SMILES string of the molecule is CCCc1cc(C)[nH]c(=O)c1CNC(=O)c1cc(-c2ccc(N3CCN(C)CC3)nc2)cc2c1CCN2CC. The van der Waals surface area contributed by atoms with E-state index in [0.717, 1.165) is 98.0 Å². The quantitative estimate of drug-likeness (QED) is 0.463. The van der Waals surface area contributed by atoms with Crippen LogP contribution in [0.25, 0.3) is 11.1 Å². The molecule has 206 valence electrons. The summed E-state index contributed by atoms with van der Waals surface area (Å²) in [5, 5.41) is 3.07. The molecule has 1 saturated heterocycles. The zero-order chi connectivity index (χ0) is 27.5. The number of amides is 1. The van der Waals surface area contributed by atoms with E-state index in [-0.39, 0.29) is 18.0 Å². The molecule has 0 radical (unpaired) electrons. The molecule has 2 N–H and O–H groups in total. The number of hydrogen-bond donors (Lipinski definition) is 2. The maximum atomic E-state index is 13.6. The number of piperazine rings is 1. The number of aromatic amines is 1. The average Bonchev–Trinajstić information content (AvgIpc) is 3.36. The van der Waals surface area contributed by atoms with Gasteiger partial charge in [-0.15, -0.1) is 0 Å². The number of aromatic nitrogens is 2. The van der Waals surface area contributed by atoms with Crippen molar-refractivity contribution < 1.29 is 4.79 Å². The molecule has 1 amide bonds. The van der Waals surface area contributed by atoms with E-state index in [2.05, 4.69) is 64.1 Å². The van der Waals surface area contributed by atoms with Crippen molar-refractivity contribution in [1.82, 2.24) is 20.2 Å². The van der Waals surface area contributed by atoms with Gasteiger partial charge >= 0.3 is 0 Å². The molecule has 2 aliphatic rings. The lowest BCUT2D eigenvalue weighted by molar-refractivity contribution is 0.0950. The topological polar surface area (TPSA) is 84.6 Å². The molecule has 5 rings (SSSR count). The Bertz CT molecular complexity index is 1390. The third-order valence-corrected chi connectivity index (χ3v) is 8.04. The molecule has 39 heavy (non-hydrogen) atoms. The third kappa shape index (κ3) is 5.71. The summed E-state index contributed by atoms with van der Waals surface area (Å²) in [5.74, 6) is 0.850. The van der Waals surface area contributed by atoms with Crippen molar-refractivity contribution in [3.8, 4) is 11.1 Å². The van der Waals surface area contributed by atoms with E-state index in [1.165, 1.54) is 0 Å². The van der Waals surface area contributed by atoms with Gasteiger partial charge in [0.2, 0.25) is 0 Å². The van der Waals surface area contributed by atoms with Gasteiger partial charge in [-0.05, 0) is 80.8 Å². The Kier molecular flexibility index (Phi) is 8.02. The molecule has 0 aliphatic carbocycles. The number of nitrogens with zero attached hydrogens (tertiary/aromatic N) is 4. The van der Waals surface area contributed by atoms with E-state index < -0.39 is 0 Å². The molecule has 0 atom stereocenters. The summed E-state index contributed by atoms with van der Waals surface area (Å²) in [6.45, 7) is 12.1. The molecule has 8 heteroatoms. The van der Waals surface area contributed by atoms with Crippen molar-refractivity contribution in [2.75, 3.05) is 56.1 Å². The Balaban J connectivity index is 1.42. The van der Waals surface area contributed by atoms with Gasteiger partial charge < -0.3 is 25.0 Å². The number of carbonyl (C=O) groups excluding carboxylic acids is 1. The van der Waals surface area contributed by atoms with Gasteiger partial charge in [-0.1, -0.05) is 13.3 Å². The lowest BCUT2D eigenvalue weighted by Crippen LogP contribution is -2.44. The van der Waals surface area contributed by atoms with Gasteiger partial charge in [0.15, 0.2) is 0 Å². The molecule has 0 bridgehead atoms. The fraction of sp³-hybridized carbons (Fsp3) is 0.452. The zero-order valence-corrected chi connectivity index (χ0v) is 23.6. The number of likely N-dealkylation sites (N-methyl/N-ethyl adjacent to an activating group) is 2. The Morgan fingerprint density at radius 2 is 1.85 bits per heavy atom. The van der Waals surface area contributed by atoms with Crippen LogP contribution in [0.15, 0.2) is 41.3 Å². The summed E-state index contributed by atoms with van der Waals surface area (Å²) in [6.07, 6.45) is 4.50. The minimum absolute atomic E-state index is 0.124. The van der Waals surface area contributed by atoms with Gasteiger partial charge in [0, 0.05) is 80.1 Å². The lowest BCUT2D eigenvalue weighted by Gasteiger charge is -2.33. The number of anilines is 2. The van der Waals surface area contributed by atoms with Crippen LogP contribution in [0.4, 0.5) is 11.5 Å². The molecule has 1 aromatic carbocycles. The number of hydrogen-bond acceptors (Lipinski definition) is 6. The van der Waals surface area contributed by atoms with Crippen LogP contribution in [0.5, 0.6) is 0 Å². The van der Waals surface area contributed by atoms with Gasteiger partial charge in [0.1, 0.15) is 5.82 Å². The minimum atomic E-state index is -0.143. The van der Waals surface area contributed by atoms with Crippen LogP contribution in [0, 0.1) is 6.92 Å². The maximum Gasteiger partial charge on any atom is 0.253 e. The zero-order valence-electron chi connectivity index (χ0n) is 23.6. The van der Waals surface area contributed by atoms with E-state index in [1.54, 1.807) is 0 Å². The molecular weight excluding hydrogens is 488 g/mol. The van der Waals surface area contributed by atoms with E-state index in [0.29, 0.717) is 11.1 Å². The Morgan fingerprint density at radius 3 is 2.54 bits per heavy atom. The molecule has 2 aromatic heterocycles. The second-order valence-electron chi connectivity index (χ2n) is 10.8. The normalized spacial score (nSPS) is 15.5. The molecule has 2 aliphatic heterocycles. The summed E-state index contributed by atoms with van der Waals surface area (Å²) >= 11 is 0. The standard InChI is InChI=1S/C31H40N6O2/c1-5-7-22-16-21(3)34-31(39)27(22)20-33-30(38)26-17-24(18-28-25(26)10-11-36(28)6-2)23-8-9-29(32-19-23)37-14-12-35(4)13-15-37/h8-9,16-19H,5-7,10-15,20H2,1-4H3,(H,33,38)(H,34,39). The second kappa shape index (κ2) is 11.6. The highest BCUT2D eigenvalue weighted by Gasteiger charge is 2.26. The molecular formula is C31H40N6O2. The smallest absolute Gasteiger partial charge is 0.253 e. The highest BCUT2D eigenvalue weighted by Crippen LogP contribution is 2.36. The predicted molar refractivity (Wildman–Crippen MR) is 158 cm³/mol. The summed E-state index contributed by atoms with van der Waals surface area (Å²) in [4.78, 5) is 41.0. The molecule has 0 saturated carbocycles. The largest absolute Gasteiger partial charge is 0.371 e. The van der Waals surface area contributed by atoms with Crippen LogP contribution >= 0.6 is 0 Å². The van der Waals surface area contributed by atoms with Crippen molar-refractivity contribution in [3.63, 3.8) is 0 Å². The van der Waals surface area contributed by atoms with Gasteiger partial charge in [-0.2, -0.15) is 0 Å². The van der Waals surface area contributed by atoms with E-state index in [1.807, 2.05) is 25.3 Å². The van der Waals surface area contributed by atoms with Gasteiger partial charge in [0.25, 0.3) is 11.5 Å². The van der Waals surface area contributed by atoms with Crippen molar-refractivity contribution in [3.05, 3.63) is 74.8 Å². The van der Waals surface area contributed by atoms with Crippen molar-refractivity contribution in [2.24, 2.45) is 0 Å². The van der Waals surface area contributed by atoms with E-state index in [4.69, 9.17) is 4.98 Å². The number of rotatable bonds is 8. The summed E-state index contributed by atoms with van der Waals surface area (Å²) < 4.78 is 0. The van der Waals surface area contributed by atoms with Crippen LogP contribution in [-0.4, -0.2) is 67.1 Å². The fourth-order valence-electron chi connectivity index (χ4n) is 5.78. The lowest BCUT2D eigenvalue weighted by atomic mass is 9.97.